The van der Waals surface area contributed by atoms with Gasteiger partial charge in [-0.1, -0.05) is 46.3 Å². The minimum Gasteiger partial charge on any atom is -0.493 e. The molecule has 0 bridgehead atoms. The molecular weight excluding hydrogens is 378 g/mol. The van der Waals surface area contributed by atoms with Crippen LogP contribution in [0, 0.1) is 0 Å². The van der Waals surface area contributed by atoms with Crippen LogP contribution >= 0.6 is 15.9 Å². The van der Waals surface area contributed by atoms with E-state index in [0.29, 0.717) is 11.5 Å². The van der Waals surface area contributed by atoms with Gasteiger partial charge in [0, 0.05) is 20.8 Å². The molecule has 1 heterocycles. The van der Waals surface area contributed by atoms with Crippen molar-refractivity contribution in [3.8, 4) is 22.8 Å². The molecule has 0 spiro atoms. The minimum absolute atomic E-state index is 0.699. The summed E-state index contributed by atoms with van der Waals surface area (Å²) in [5.74, 6) is 1.42. The van der Waals surface area contributed by atoms with Gasteiger partial charge in [-0.2, -0.15) is 0 Å². The Kier molecular flexibility index (Phi) is 4.06. The monoisotopic (exact) mass is 393 g/mol. The molecule has 4 heteroatoms. The molecule has 0 N–H and O–H groups in total. The predicted octanol–water partition coefficient (Wildman–Crippen LogP) is 5.83. The van der Waals surface area contributed by atoms with Crippen LogP contribution in [0.25, 0.3) is 32.9 Å². The summed E-state index contributed by atoms with van der Waals surface area (Å²) in [4.78, 5) is 4.92. The zero-order valence-corrected chi connectivity index (χ0v) is 15.5. The average Bonchev–Trinajstić information content (AvgIpc) is 2.67. The second-order valence-corrected chi connectivity index (χ2v) is 6.65. The van der Waals surface area contributed by atoms with Crippen molar-refractivity contribution in [3.63, 3.8) is 0 Å². The van der Waals surface area contributed by atoms with Gasteiger partial charge < -0.3 is 9.47 Å². The van der Waals surface area contributed by atoms with Crippen LogP contribution in [-0.4, -0.2) is 19.2 Å². The Hall–Kier alpha value is -2.59. The fourth-order valence-electron chi connectivity index (χ4n) is 3.11. The van der Waals surface area contributed by atoms with Crippen molar-refractivity contribution in [1.29, 1.82) is 0 Å². The van der Waals surface area contributed by atoms with Gasteiger partial charge in [0.15, 0.2) is 11.5 Å². The van der Waals surface area contributed by atoms with Gasteiger partial charge in [-0.3, -0.25) is 0 Å². The highest BCUT2D eigenvalue weighted by atomic mass is 79.9. The molecule has 1 aromatic heterocycles. The van der Waals surface area contributed by atoms with E-state index in [-0.39, 0.29) is 0 Å². The van der Waals surface area contributed by atoms with Crippen LogP contribution in [0.3, 0.4) is 0 Å². The summed E-state index contributed by atoms with van der Waals surface area (Å²) in [6, 6.07) is 20.4. The molecule has 3 nitrogen and oxygen atoms in total. The standard InChI is InChI=1S/C21H16BrNO2/c1-24-19-11-16-15-5-3-4-6-18(15)23-21(17(16)12-20(19)25-2)13-7-9-14(22)10-8-13/h3-12H,1-2H3. The molecule has 0 aliphatic carbocycles. The summed E-state index contributed by atoms with van der Waals surface area (Å²) in [6.07, 6.45) is 0. The minimum atomic E-state index is 0.699. The summed E-state index contributed by atoms with van der Waals surface area (Å²) < 4.78 is 12.1. The molecule has 0 saturated carbocycles. The molecule has 0 unspecified atom stereocenters. The summed E-state index contributed by atoms with van der Waals surface area (Å²) in [5, 5.41) is 3.24. The Bertz CT molecular complexity index is 1070. The van der Waals surface area contributed by atoms with Gasteiger partial charge in [-0.15, -0.1) is 0 Å². The van der Waals surface area contributed by atoms with Gasteiger partial charge in [0.25, 0.3) is 0 Å². The van der Waals surface area contributed by atoms with E-state index < -0.39 is 0 Å². The van der Waals surface area contributed by atoms with Crippen LogP contribution in [-0.2, 0) is 0 Å². The maximum absolute atomic E-state index is 5.51. The molecule has 0 atom stereocenters. The van der Waals surface area contributed by atoms with Gasteiger partial charge in [0.1, 0.15) is 0 Å². The van der Waals surface area contributed by atoms with Crippen LogP contribution in [0.15, 0.2) is 65.1 Å². The van der Waals surface area contributed by atoms with E-state index in [1.165, 1.54) is 0 Å². The highest BCUT2D eigenvalue weighted by molar-refractivity contribution is 9.10. The predicted molar refractivity (Wildman–Crippen MR) is 105 cm³/mol. The topological polar surface area (TPSA) is 31.4 Å². The largest absolute Gasteiger partial charge is 0.493 e. The lowest BCUT2D eigenvalue weighted by Crippen LogP contribution is -1.94. The molecule has 0 aliphatic rings. The molecule has 25 heavy (non-hydrogen) atoms. The number of methoxy groups -OCH3 is 2. The highest BCUT2D eigenvalue weighted by Crippen LogP contribution is 2.39. The Morgan fingerprint density at radius 2 is 1.40 bits per heavy atom. The Balaban J connectivity index is 2.14. The fourth-order valence-corrected chi connectivity index (χ4v) is 3.37. The first kappa shape index (κ1) is 15.9. The zero-order chi connectivity index (χ0) is 17.4. The number of benzene rings is 3. The lowest BCUT2D eigenvalue weighted by atomic mass is 9.99. The first-order valence-electron chi connectivity index (χ1n) is 7.91. The van der Waals surface area contributed by atoms with Crippen molar-refractivity contribution in [2.24, 2.45) is 0 Å². The number of fused-ring (bicyclic) bond motifs is 3. The number of aromatic nitrogens is 1. The van der Waals surface area contributed by atoms with Crippen LogP contribution in [0.1, 0.15) is 0 Å². The average molecular weight is 394 g/mol. The third-order valence-electron chi connectivity index (χ3n) is 4.32. The van der Waals surface area contributed by atoms with Crippen molar-refractivity contribution < 1.29 is 9.47 Å². The van der Waals surface area contributed by atoms with Gasteiger partial charge in [-0.25, -0.2) is 4.98 Å². The molecular formula is C21H16BrNO2. The number of hydrogen-bond donors (Lipinski definition) is 0. The molecule has 0 radical (unpaired) electrons. The molecule has 0 fully saturated rings. The van der Waals surface area contributed by atoms with Crippen molar-refractivity contribution >= 4 is 37.6 Å². The fraction of sp³-hybridized carbons (Fsp3) is 0.0952. The Morgan fingerprint density at radius 3 is 2.08 bits per heavy atom. The van der Waals surface area contributed by atoms with E-state index in [2.05, 4.69) is 34.1 Å². The molecule has 0 saturated heterocycles. The SMILES string of the molecule is COc1cc2c(-c3ccc(Br)cc3)nc3ccccc3c2cc1OC. The van der Waals surface area contributed by atoms with Gasteiger partial charge >= 0.3 is 0 Å². The van der Waals surface area contributed by atoms with Crippen molar-refractivity contribution in [2.75, 3.05) is 14.2 Å². The number of pyridine rings is 1. The summed E-state index contributed by atoms with van der Waals surface area (Å²) in [6.45, 7) is 0. The van der Waals surface area contributed by atoms with Gasteiger partial charge in [0.05, 0.1) is 25.4 Å². The van der Waals surface area contributed by atoms with Crippen molar-refractivity contribution in [3.05, 3.63) is 65.1 Å². The first-order chi connectivity index (χ1) is 12.2. The zero-order valence-electron chi connectivity index (χ0n) is 13.9. The summed E-state index contributed by atoms with van der Waals surface area (Å²) in [5.41, 5.74) is 2.95. The molecule has 124 valence electrons. The smallest absolute Gasteiger partial charge is 0.161 e. The third-order valence-corrected chi connectivity index (χ3v) is 4.85. The number of nitrogens with zero attached hydrogens (tertiary/aromatic N) is 1. The normalized spacial score (nSPS) is 11.0. The van der Waals surface area contributed by atoms with Crippen LogP contribution < -0.4 is 9.47 Å². The molecule has 0 amide bonds. The second-order valence-electron chi connectivity index (χ2n) is 5.74. The van der Waals surface area contributed by atoms with E-state index in [4.69, 9.17) is 14.5 Å². The Morgan fingerprint density at radius 1 is 0.760 bits per heavy atom. The first-order valence-corrected chi connectivity index (χ1v) is 8.71. The van der Waals surface area contributed by atoms with E-state index in [0.717, 1.165) is 37.4 Å². The van der Waals surface area contributed by atoms with Crippen molar-refractivity contribution in [2.45, 2.75) is 0 Å². The third kappa shape index (κ3) is 2.72. The molecule has 4 aromatic rings. The van der Waals surface area contributed by atoms with E-state index in [1.54, 1.807) is 14.2 Å². The lowest BCUT2D eigenvalue weighted by Gasteiger charge is -2.14. The maximum atomic E-state index is 5.51. The molecule has 4 rings (SSSR count). The molecule has 3 aromatic carbocycles. The molecule has 0 aliphatic heterocycles. The summed E-state index contributed by atoms with van der Waals surface area (Å²) in [7, 11) is 3.31. The van der Waals surface area contributed by atoms with Gasteiger partial charge in [-0.05, 0) is 35.7 Å². The number of hydrogen-bond acceptors (Lipinski definition) is 3. The van der Waals surface area contributed by atoms with E-state index in [1.807, 2.05) is 42.5 Å². The van der Waals surface area contributed by atoms with Crippen LogP contribution in [0.5, 0.6) is 11.5 Å². The maximum Gasteiger partial charge on any atom is 0.161 e. The lowest BCUT2D eigenvalue weighted by molar-refractivity contribution is 0.356. The second kappa shape index (κ2) is 6.37. The van der Waals surface area contributed by atoms with E-state index in [9.17, 15) is 0 Å². The van der Waals surface area contributed by atoms with Crippen LogP contribution in [0.4, 0.5) is 0 Å². The summed E-state index contributed by atoms with van der Waals surface area (Å²) >= 11 is 3.49. The van der Waals surface area contributed by atoms with Gasteiger partial charge in [0.2, 0.25) is 0 Å². The van der Waals surface area contributed by atoms with Crippen molar-refractivity contribution in [1.82, 2.24) is 4.98 Å². The van der Waals surface area contributed by atoms with Crippen LogP contribution in [0.2, 0.25) is 0 Å². The number of halogens is 1. The quantitative estimate of drug-likeness (QED) is 0.410. The number of rotatable bonds is 3. The Labute approximate surface area is 154 Å². The van der Waals surface area contributed by atoms with E-state index >= 15 is 0 Å². The highest BCUT2D eigenvalue weighted by Gasteiger charge is 2.14. The number of para-hydroxylation sites is 1. The number of ether oxygens (including phenoxy) is 2.